The van der Waals surface area contributed by atoms with Crippen LogP contribution in [0.1, 0.15) is 32.1 Å². The van der Waals surface area contributed by atoms with Gasteiger partial charge in [0, 0.05) is 0 Å². The first-order chi connectivity index (χ1) is 7.93. The molecule has 1 aliphatic rings. The molecule has 0 aromatic heterocycles. The van der Waals surface area contributed by atoms with E-state index < -0.39 is 6.67 Å². The van der Waals surface area contributed by atoms with Gasteiger partial charge < -0.3 is 9.47 Å². The monoisotopic (exact) mass is 235 g/mol. The van der Waals surface area contributed by atoms with Crippen molar-refractivity contribution in [2.75, 3.05) is 33.2 Å². The van der Waals surface area contributed by atoms with Crippen LogP contribution < -0.4 is 5.48 Å². The fourth-order valence-corrected chi connectivity index (χ4v) is 1.72. The van der Waals surface area contributed by atoms with Crippen molar-refractivity contribution in [3.8, 4) is 0 Å². The zero-order valence-corrected chi connectivity index (χ0v) is 9.75. The standard InChI is InChI=1S/C11H22FNO3/c12-6-7-14-8-9-15-10-13-16-11-4-2-1-3-5-11/h11,13H,1-10H2. The van der Waals surface area contributed by atoms with Crippen molar-refractivity contribution in [2.24, 2.45) is 0 Å². The Morgan fingerprint density at radius 1 is 1.00 bits per heavy atom. The molecule has 0 aliphatic heterocycles. The van der Waals surface area contributed by atoms with Gasteiger partial charge in [0.25, 0.3) is 0 Å². The van der Waals surface area contributed by atoms with Crippen LogP contribution in [-0.4, -0.2) is 39.3 Å². The van der Waals surface area contributed by atoms with Crippen LogP contribution in [-0.2, 0) is 14.3 Å². The van der Waals surface area contributed by atoms with Crippen molar-refractivity contribution >= 4 is 0 Å². The van der Waals surface area contributed by atoms with Gasteiger partial charge in [-0.3, -0.25) is 4.84 Å². The summed E-state index contributed by atoms with van der Waals surface area (Å²) in [4.78, 5) is 5.43. The maximum absolute atomic E-state index is 11.6. The molecule has 96 valence electrons. The molecular formula is C11H22FNO3. The fourth-order valence-electron chi connectivity index (χ4n) is 1.72. The van der Waals surface area contributed by atoms with E-state index in [1.54, 1.807) is 0 Å². The highest BCUT2D eigenvalue weighted by Gasteiger charge is 2.13. The minimum atomic E-state index is -0.441. The van der Waals surface area contributed by atoms with Crippen LogP contribution in [0.4, 0.5) is 4.39 Å². The first-order valence-electron chi connectivity index (χ1n) is 6.03. The van der Waals surface area contributed by atoms with E-state index in [2.05, 4.69) is 5.48 Å². The Hall–Kier alpha value is -0.230. The Balaban J connectivity index is 1.77. The van der Waals surface area contributed by atoms with E-state index in [0.29, 0.717) is 26.0 Å². The molecule has 0 atom stereocenters. The number of hydroxylamine groups is 1. The van der Waals surface area contributed by atoms with E-state index >= 15 is 0 Å². The third kappa shape index (κ3) is 7.11. The molecule has 16 heavy (non-hydrogen) atoms. The molecule has 1 rings (SSSR count). The maximum Gasteiger partial charge on any atom is 0.119 e. The molecule has 1 fully saturated rings. The number of hydrogen-bond donors (Lipinski definition) is 1. The molecule has 0 aromatic carbocycles. The third-order valence-corrected chi connectivity index (χ3v) is 2.56. The van der Waals surface area contributed by atoms with Crippen LogP contribution in [0.15, 0.2) is 0 Å². The van der Waals surface area contributed by atoms with Crippen LogP contribution in [0.2, 0.25) is 0 Å². The number of rotatable bonds is 9. The molecule has 0 heterocycles. The van der Waals surface area contributed by atoms with Gasteiger partial charge in [-0.15, -0.1) is 0 Å². The summed E-state index contributed by atoms with van der Waals surface area (Å²) in [5.74, 6) is 0. The molecule has 0 saturated heterocycles. The highest BCUT2D eigenvalue weighted by molar-refractivity contribution is 4.63. The summed E-state index contributed by atoms with van der Waals surface area (Å²) in [7, 11) is 0. The first-order valence-corrected chi connectivity index (χ1v) is 6.03. The van der Waals surface area contributed by atoms with Crippen LogP contribution in [0, 0.1) is 0 Å². The third-order valence-electron chi connectivity index (χ3n) is 2.56. The van der Waals surface area contributed by atoms with Crippen LogP contribution in [0.25, 0.3) is 0 Å². The van der Waals surface area contributed by atoms with Gasteiger partial charge in [-0.25, -0.2) is 4.39 Å². The predicted molar refractivity (Wildman–Crippen MR) is 58.7 cm³/mol. The molecule has 0 radical (unpaired) electrons. The minimum absolute atomic E-state index is 0.148. The second-order valence-electron chi connectivity index (χ2n) is 3.88. The van der Waals surface area contributed by atoms with E-state index in [1.807, 2.05) is 0 Å². The lowest BCUT2D eigenvalue weighted by molar-refractivity contribution is -0.0906. The van der Waals surface area contributed by atoms with E-state index in [1.165, 1.54) is 19.3 Å². The van der Waals surface area contributed by atoms with Gasteiger partial charge in [-0.1, -0.05) is 19.3 Å². The topological polar surface area (TPSA) is 39.7 Å². The lowest BCUT2D eigenvalue weighted by atomic mass is 9.98. The molecule has 0 bridgehead atoms. The largest absolute Gasteiger partial charge is 0.376 e. The molecule has 4 nitrogen and oxygen atoms in total. The number of halogens is 1. The van der Waals surface area contributed by atoms with Gasteiger partial charge in [0.2, 0.25) is 0 Å². The summed E-state index contributed by atoms with van der Waals surface area (Å²) in [6.45, 7) is 0.948. The second kappa shape index (κ2) is 9.96. The van der Waals surface area contributed by atoms with Gasteiger partial charge in [0.1, 0.15) is 13.4 Å². The van der Waals surface area contributed by atoms with Crippen molar-refractivity contribution in [3.05, 3.63) is 0 Å². The van der Waals surface area contributed by atoms with Gasteiger partial charge in [0.15, 0.2) is 0 Å². The molecule has 0 spiro atoms. The molecular weight excluding hydrogens is 213 g/mol. The predicted octanol–water partition coefficient (Wildman–Crippen LogP) is 1.80. The van der Waals surface area contributed by atoms with Gasteiger partial charge in [0.05, 0.1) is 25.9 Å². The first kappa shape index (κ1) is 13.8. The average molecular weight is 235 g/mol. The minimum Gasteiger partial charge on any atom is -0.376 e. The fraction of sp³-hybridized carbons (Fsp3) is 1.00. The average Bonchev–Trinajstić information content (AvgIpc) is 2.34. The van der Waals surface area contributed by atoms with E-state index in [0.717, 1.165) is 12.8 Å². The Morgan fingerprint density at radius 2 is 1.75 bits per heavy atom. The van der Waals surface area contributed by atoms with Crippen LogP contribution >= 0.6 is 0 Å². The molecule has 0 unspecified atom stereocenters. The summed E-state index contributed by atoms with van der Waals surface area (Å²) < 4.78 is 21.7. The van der Waals surface area contributed by atoms with Crippen LogP contribution in [0.5, 0.6) is 0 Å². The maximum atomic E-state index is 11.6. The van der Waals surface area contributed by atoms with E-state index in [9.17, 15) is 4.39 Å². The van der Waals surface area contributed by atoms with Crippen LogP contribution in [0.3, 0.4) is 0 Å². The number of ether oxygens (including phenoxy) is 2. The summed E-state index contributed by atoms with van der Waals surface area (Å²) in [6, 6.07) is 0. The Kier molecular flexibility index (Phi) is 8.61. The van der Waals surface area contributed by atoms with Crippen molar-refractivity contribution in [2.45, 2.75) is 38.2 Å². The SMILES string of the molecule is FCCOCCOCNOC1CCCCC1. The zero-order valence-electron chi connectivity index (χ0n) is 9.75. The molecule has 5 heteroatoms. The van der Waals surface area contributed by atoms with E-state index in [-0.39, 0.29) is 6.61 Å². The number of hydrogen-bond acceptors (Lipinski definition) is 4. The van der Waals surface area contributed by atoms with Gasteiger partial charge in [-0.05, 0) is 12.8 Å². The summed E-state index contributed by atoms with van der Waals surface area (Å²) >= 11 is 0. The molecule has 1 N–H and O–H groups in total. The Labute approximate surface area is 96.4 Å². The smallest absolute Gasteiger partial charge is 0.119 e. The van der Waals surface area contributed by atoms with Crippen molar-refractivity contribution < 1.29 is 18.7 Å². The lowest BCUT2D eigenvalue weighted by Gasteiger charge is -2.21. The molecule has 0 amide bonds. The molecule has 0 aromatic rings. The highest BCUT2D eigenvalue weighted by atomic mass is 19.1. The number of alkyl halides is 1. The van der Waals surface area contributed by atoms with Gasteiger partial charge >= 0.3 is 0 Å². The molecule has 1 saturated carbocycles. The quantitative estimate of drug-likeness (QED) is 0.376. The Bertz CT molecular complexity index is 154. The zero-order chi connectivity index (χ0) is 11.5. The summed E-state index contributed by atoms with van der Waals surface area (Å²) in [6.07, 6.45) is 6.43. The lowest BCUT2D eigenvalue weighted by Crippen LogP contribution is -2.28. The second-order valence-corrected chi connectivity index (χ2v) is 3.88. The number of nitrogens with one attached hydrogen (secondary N) is 1. The highest BCUT2D eigenvalue weighted by Crippen LogP contribution is 2.19. The summed E-state index contributed by atoms with van der Waals surface area (Å²) in [5, 5.41) is 0. The van der Waals surface area contributed by atoms with Crippen molar-refractivity contribution in [3.63, 3.8) is 0 Å². The van der Waals surface area contributed by atoms with Crippen molar-refractivity contribution in [1.29, 1.82) is 0 Å². The molecule has 1 aliphatic carbocycles. The van der Waals surface area contributed by atoms with E-state index in [4.69, 9.17) is 14.3 Å². The van der Waals surface area contributed by atoms with Gasteiger partial charge in [-0.2, -0.15) is 5.48 Å². The normalized spacial score (nSPS) is 17.8. The van der Waals surface area contributed by atoms with Crippen molar-refractivity contribution in [1.82, 2.24) is 5.48 Å². The summed E-state index contributed by atoms with van der Waals surface area (Å²) in [5.41, 5.74) is 2.79. The Morgan fingerprint density at radius 3 is 2.50 bits per heavy atom.